The number of hydrogen-bond acceptors (Lipinski definition) is 4. The largest absolute Gasteiger partial charge is 0.495 e. The number of ether oxygens (including phenoxy) is 1. The monoisotopic (exact) mass is 382 g/mol. The lowest BCUT2D eigenvalue weighted by Gasteiger charge is -2.15. The number of carbonyl (C=O) groups is 1. The van der Waals surface area contributed by atoms with Crippen LogP contribution in [0.4, 0.5) is 11.4 Å². The van der Waals surface area contributed by atoms with Crippen LogP contribution in [0.1, 0.15) is 19.8 Å². The molecule has 0 aliphatic carbocycles. The fraction of sp³-hybridized carbons (Fsp3) is 0.235. The number of rotatable bonds is 7. The normalized spacial score (nSPS) is 11.0. The first-order chi connectivity index (χ1) is 11.9. The predicted octanol–water partition coefficient (Wildman–Crippen LogP) is 3.89. The molecule has 0 bridgehead atoms. The number of para-hydroxylation sites is 2. The van der Waals surface area contributed by atoms with Crippen molar-refractivity contribution in [2.45, 2.75) is 24.7 Å². The summed E-state index contributed by atoms with van der Waals surface area (Å²) < 4.78 is 33.0. The summed E-state index contributed by atoms with van der Waals surface area (Å²) in [5.41, 5.74) is 0.638. The van der Waals surface area contributed by atoms with Crippen LogP contribution in [-0.4, -0.2) is 21.4 Å². The van der Waals surface area contributed by atoms with Gasteiger partial charge in [0.25, 0.3) is 10.0 Å². The van der Waals surface area contributed by atoms with Crippen molar-refractivity contribution in [3.05, 3.63) is 47.5 Å². The van der Waals surface area contributed by atoms with Crippen LogP contribution >= 0.6 is 11.6 Å². The van der Waals surface area contributed by atoms with E-state index in [0.29, 0.717) is 18.5 Å². The highest BCUT2D eigenvalue weighted by molar-refractivity contribution is 7.92. The maximum Gasteiger partial charge on any atom is 0.265 e. The van der Waals surface area contributed by atoms with Crippen LogP contribution in [0.5, 0.6) is 5.75 Å². The Hall–Kier alpha value is -2.25. The van der Waals surface area contributed by atoms with Gasteiger partial charge < -0.3 is 10.1 Å². The van der Waals surface area contributed by atoms with Gasteiger partial charge in [-0.3, -0.25) is 9.52 Å². The summed E-state index contributed by atoms with van der Waals surface area (Å²) in [7, 11) is -2.58. The standard InChI is InChI=1S/C17H19ClN2O4S/c1-3-6-17(21)19-13-7-4-5-8-14(13)20-25(22,23)16-11-12(18)9-10-15(16)24-2/h4-5,7-11,20H,3,6H2,1-2H3,(H,19,21). The maximum absolute atomic E-state index is 12.7. The van der Waals surface area contributed by atoms with Crippen LogP contribution in [0, 0.1) is 0 Å². The molecule has 134 valence electrons. The third-order valence-electron chi connectivity index (χ3n) is 3.34. The molecule has 2 N–H and O–H groups in total. The Morgan fingerprint density at radius 2 is 1.84 bits per heavy atom. The molecule has 0 unspecified atom stereocenters. The number of anilines is 2. The zero-order valence-corrected chi connectivity index (χ0v) is 15.4. The third-order valence-corrected chi connectivity index (χ3v) is 4.96. The number of hydrogen-bond donors (Lipinski definition) is 2. The minimum Gasteiger partial charge on any atom is -0.495 e. The van der Waals surface area contributed by atoms with E-state index in [-0.39, 0.29) is 27.3 Å². The minimum absolute atomic E-state index is 0.0859. The van der Waals surface area contributed by atoms with E-state index in [9.17, 15) is 13.2 Å². The van der Waals surface area contributed by atoms with Crippen LogP contribution in [0.15, 0.2) is 47.4 Å². The van der Waals surface area contributed by atoms with E-state index < -0.39 is 10.0 Å². The number of nitrogens with one attached hydrogen (secondary N) is 2. The Morgan fingerprint density at radius 1 is 1.16 bits per heavy atom. The highest BCUT2D eigenvalue weighted by Gasteiger charge is 2.21. The van der Waals surface area contributed by atoms with E-state index in [2.05, 4.69) is 10.0 Å². The summed E-state index contributed by atoms with van der Waals surface area (Å²) in [4.78, 5) is 11.7. The lowest BCUT2D eigenvalue weighted by atomic mass is 10.2. The van der Waals surface area contributed by atoms with E-state index in [1.54, 1.807) is 30.3 Å². The molecule has 0 aliphatic rings. The van der Waals surface area contributed by atoms with Crippen molar-refractivity contribution in [3.63, 3.8) is 0 Å². The van der Waals surface area contributed by atoms with Gasteiger partial charge >= 0.3 is 0 Å². The van der Waals surface area contributed by atoms with Crippen molar-refractivity contribution in [3.8, 4) is 5.75 Å². The molecule has 0 spiro atoms. The van der Waals surface area contributed by atoms with Gasteiger partial charge in [0.1, 0.15) is 10.6 Å². The summed E-state index contributed by atoms with van der Waals surface area (Å²) in [5.74, 6) is -0.0149. The summed E-state index contributed by atoms with van der Waals surface area (Å²) in [6, 6.07) is 10.9. The lowest BCUT2D eigenvalue weighted by Crippen LogP contribution is -2.17. The van der Waals surface area contributed by atoms with E-state index in [4.69, 9.17) is 16.3 Å². The van der Waals surface area contributed by atoms with Crippen molar-refractivity contribution >= 4 is 38.9 Å². The van der Waals surface area contributed by atoms with Crippen LogP contribution in [-0.2, 0) is 14.8 Å². The maximum atomic E-state index is 12.7. The van der Waals surface area contributed by atoms with Gasteiger partial charge in [-0.25, -0.2) is 8.42 Å². The molecule has 0 atom stereocenters. The van der Waals surface area contributed by atoms with Crippen LogP contribution < -0.4 is 14.8 Å². The van der Waals surface area contributed by atoms with Gasteiger partial charge in [0.15, 0.2) is 0 Å². The van der Waals surface area contributed by atoms with Crippen molar-refractivity contribution in [2.75, 3.05) is 17.1 Å². The summed E-state index contributed by atoms with van der Waals surface area (Å²) in [6.45, 7) is 1.89. The molecule has 2 aromatic carbocycles. The van der Waals surface area contributed by atoms with Gasteiger partial charge in [-0.2, -0.15) is 0 Å². The molecule has 8 heteroatoms. The molecule has 2 rings (SSSR count). The Morgan fingerprint density at radius 3 is 2.48 bits per heavy atom. The van der Waals surface area contributed by atoms with E-state index in [0.717, 1.165) is 0 Å². The molecular formula is C17H19ClN2O4S. The van der Waals surface area contributed by atoms with E-state index in [1.807, 2.05) is 6.92 Å². The van der Waals surface area contributed by atoms with E-state index >= 15 is 0 Å². The Kier molecular flexibility index (Phi) is 6.27. The number of amides is 1. The first-order valence-corrected chi connectivity index (χ1v) is 9.48. The second-order valence-electron chi connectivity index (χ2n) is 5.24. The van der Waals surface area contributed by atoms with Crippen molar-refractivity contribution < 1.29 is 17.9 Å². The minimum atomic E-state index is -3.96. The van der Waals surface area contributed by atoms with Crippen LogP contribution in [0.25, 0.3) is 0 Å². The average molecular weight is 383 g/mol. The zero-order valence-electron chi connectivity index (χ0n) is 13.9. The Bertz CT molecular complexity index is 869. The molecule has 25 heavy (non-hydrogen) atoms. The topological polar surface area (TPSA) is 84.5 Å². The smallest absolute Gasteiger partial charge is 0.265 e. The van der Waals surface area contributed by atoms with Gasteiger partial charge in [0.05, 0.1) is 18.5 Å². The average Bonchev–Trinajstić information content (AvgIpc) is 2.56. The number of carbonyl (C=O) groups excluding carboxylic acids is 1. The molecule has 0 aromatic heterocycles. The Labute approximate surface area is 152 Å². The van der Waals surface area contributed by atoms with Crippen molar-refractivity contribution in [2.24, 2.45) is 0 Å². The quantitative estimate of drug-likeness (QED) is 0.760. The molecule has 0 saturated carbocycles. The zero-order chi connectivity index (χ0) is 18.4. The van der Waals surface area contributed by atoms with Gasteiger partial charge in [-0.1, -0.05) is 30.7 Å². The molecule has 2 aromatic rings. The SMILES string of the molecule is CCCC(=O)Nc1ccccc1NS(=O)(=O)c1cc(Cl)ccc1OC. The number of methoxy groups -OCH3 is 1. The third kappa shape index (κ3) is 4.87. The summed E-state index contributed by atoms with van der Waals surface area (Å²) >= 11 is 5.91. The molecular weight excluding hydrogens is 364 g/mol. The molecule has 6 nitrogen and oxygen atoms in total. The van der Waals surface area contributed by atoms with Crippen LogP contribution in [0.2, 0.25) is 5.02 Å². The molecule has 0 heterocycles. The second-order valence-corrected chi connectivity index (χ2v) is 7.33. The van der Waals surface area contributed by atoms with Crippen molar-refractivity contribution in [1.82, 2.24) is 0 Å². The molecule has 1 amide bonds. The molecule has 0 saturated heterocycles. The van der Waals surface area contributed by atoms with Gasteiger partial charge in [0, 0.05) is 11.4 Å². The Balaban J connectivity index is 2.36. The molecule has 0 aliphatic heterocycles. The number of benzene rings is 2. The first kappa shape index (κ1) is 19.1. The lowest BCUT2D eigenvalue weighted by molar-refractivity contribution is -0.116. The second kappa shape index (κ2) is 8.22. The van der Waals surface area contributed by atoms with E-state index in [1.165, 1.54) is 19.2 Å². The van der Waals surface area contributed by atoms with Gasteiger partial charge in [0.2, 0.25) is 5.91 Å². The summed E-state index contributed by atoms with van der Waals surface area (Å²) in [5, 5.41) is 2.97. The number of sulfonamides is 1. The molecule has 0 fully saturated rings. The number of halogens is 1. The van der Waals surface area contributed by atoms with Gasteiger partial charge in [-0.05, 0) is 36.8 Å². The highest BCUT2D eigenvalue weighted by Crippen LogP contribution is 2.30. The fourth-order valence-corrected chi connectivity index (χ4v) is 3.69. The predicted molar refractivity (Wildman–Crippen MR) is 98.8 cm³/mol. The summed E-state index contributed by atoms with van der Waals surface area (Å²) in [6.07, 6.45) is 1.04. The fourth-order valence-electron chi connectivity index (χ4n) is 2.18. The van der Waals surface area contributed by atoms with Crippen LogP contribution in [0.3, 0.4) is 0 Å². The van der Waals surface area contributed by atoms with Crippen molar-refractivity contribution in [1.29, 1.82) is 0 Å². The molecule has 0 radical (unpaired) electrons. The highest BCUT2D eigenvalue weighted by atomic mass is 35.5. The first-order valence-electron chi connectivity index (χ1n) is 7.62. The van der Waals surface area contributed by atoms with Gasteiger partial charge in [-0.15, -0.1) is 0 Å².